The fourth-order valence-corrected chi connectivity index (χ4v) is 5.85. The molecule has 218 valence electrons. The number of aromatic amines is 2. The average molecular weight is 615 g/mol. The summed E-state index contributed by atoms with van der Waals surface area (Å²) in [7, 11) is 1.33. The molecule has 0 bridgehead atoms. The van der Waals surface area contributed by atoms with Gasteiger partial charge in [0.2, 0.25) is 11.1 Å². The van der Waals surface area contributed by atoms with Crippen LogP contribution in [0.4, 0.5) is 0 Å². The third-order valence-corrected chi connectivity index (χ3v) is 8.07. The van der Waals surface area contributed by atoms with Crippen molar-refractivity contribution < 1.29 is 19.4 Å². The van der Waals surface area contributed by atoms with Gasteiger partial charge in [0.25, 0.3) is 0 Å². The molecule has 12 heteroatoms. The molecule has 0 aliphatic heterocycles. The van der Waals surface area contributed by atoms with Crippen molar-refractivity contribution in [2.45, 2.75) is 35.4 Å². The lowest BCUT2D eigenvalue weighted by Gasteiger charge is -2.07. The topological polar surface area (TPSA) is 177 Å². The molecule has 0 fully saturated rings. The SMILES string of the molecule is COC(=O)c1cccc(CSc2[nH]c(=O)cc(C)c2C#N)c1.Cc1cc(=O)[nH]c(SCc2cccc(C(=O)O)c2)c1C#N. The van der Waals surface area contributed by atoms with Crippen molar-refractivity contribution in [1.29, 1.82) is 10.5 Å². The summed E-state index contributed by atoms with van der Waals surface area (Å²) in [5.41, 5.74) is 4.09. The van der Waals surface area contributed by atoms with Crippen molar-refractivity contribution in [1.82, 2.24) is 9.97 Å². The normalized spacial score (nSPS) is 10.1. The van der Waals surface area contributed by atoms with Crippen LogP contribution in [0, 0.1) is 36.5 Å². The van der Waals surface area contributed by atoms with Crippen molar-refractivity contribution in [3.05, 3.63) is 126 Å². The maximum Gasteiger partial charge on any atom is 0.337 e. The van der Waals surface area contributed by atoms with E-state index in [0.29, 0.717) is 49.4 Å². The Bertz CT molecular complexity index is 1870. The van der Waals surface area contributed by atoms with Crippen LogP contribution >= 0.6 is 23.5 Å². The van der Waals surface area contributed by atoms with Crippen molar-refractivity contribution in [3.63, 3.8) is 0 Å². The van der Waals surface area contributed by atoms with Crippen LogP contribution in [0.3, 0.4) is 0 Å². The van der Waals surface area contributed by atoms with Gasteiger partial charge in [-0.25, -0.2) is 9.59 Å². The van der Waals surface area contributed by atoms with E-state index < -0.39 is 11.9 Å². The number of ether oxygens (including phenoxy) is 1. The Labute approximate surface area is 255 Å². The first-order chi connectivity index (χ1) is 20.6. The van der Waals surface area contributed by atoms with Gasteiger partial charge in [0.15, 0.2) is 0 Å². The monoisotopic (exact) mass is 614 g/mol. The minimum absolute atomic E-state index is 0.214. The van der Waals surface area contributed by atoms with E-state index in [4.69, 9.17) is 10.4 Å². The molecule has 2 aromatic heterocycles. The van der Waals surface area contributed by atoms with Crippen LogP contribution in [-0.2, 0) is 16.2 Å². The third kappa shape index (κ3) is 8.97. The molecular weight excluding hydrogens is 588 g/mol. The fourth-order valence-electron chi connectivity index (χ4n) is 3.82. The number of hydrogen-bond acceptors (Lipinski definition) is 9. The summed E-state index contributed by atoms with van der Waals surface area (Å²) in [5.74, 6) is -0.384. The minimum atomic E-state index is -0.983. The summed E-state index contributed by atoms with van der Waals surface area (Å²) >= 11 is 2.65. The van der Waals surface area contributed by atoms with Crippen LogP contribution in [0.2, 0.25) is 0 Å². The minimum Gasteiger partial charge on any atom is -0.478 e. The van der Waals surface area contributed by atoms with E-state index in [1.165, 1.54) is 48.8 Å². The van der Waals surface area contributed by atoms with Crippen LogP contribution in [0.5, 0.6) is 0 Å². The number of nitrogens with zero attached hydrogens (tertiary/aromatic N) is 2. The van der Waals surface area contributed by atoms with Crippen molar-refractivity contribution in [2.24, 2.45) is 0 Å². The number of aromatic carboxylic acids is 1. The number of thioether (sulfide) groups is 2. The number of methoxy groups -OCH3 is 1. The lowest BCUT2D eigenvalue weighted by Crippen LogP contribution is -2.08. The van der Waals surface area contributed by atoms with E-state index in [2.05, 4.69) is 26.8 Å². The molecule has 4 aromatic rings. The molecule has 2 heterocycles. The summed E-state index contributed by atoms with van der Waals surface area (Å²) < 4.78 is 4.69. The Morgan fingerprint density at radius 2 is 1.23 bits per heavy atom. The van der Waals surface area contributed by atoms with Crippen molar-refractivity contribution >= 4 is 35.5 Å². The Morgan fingerprint density at radius 3 is 1.65 bits per heavy atom. The number of aromatic nitrogens is 2. The number of esters is 1. The van der Waals surface area contributed by atoms with Crippen molar-refractivity contribution in [3.8, 4) is 12.1 Å². The number of H-pyrrole nitrogens is 2. The van der Waals surface area contributed by atoms with Crippen LogP contribution in [0.1, 0.15) is 54.1 Å². The summed E-state index contributed by atoms with van der Waals surface area (Å²) in [4.78, 5) is 50.8. The Hall–Kier alpha value is -5.04. The highest BCUT2D eigenvalue weighted by atomic mass is 32.2. The lowest BCUT2D eigenvalue weighted by atomic mass is 10.1. The smallest absolute Gasteiger partial charge is 0.337 e. The van der Waals surface area contributed by atoms with Gasteiger partial charge in [0.1, 0.15) is 12.1 Å². The van der Waals surface area contributed by atoms with Crippen LogP contribution in [0.15, 0.2) is 80.3 Å². The molecule has 0 unspecified atom stereocenters. The molecule has 0 atom stereocenters. The first-order valence-corrected chi connectivity index (χ1v) is 14.6. The molecule has 0 saturated heterocycles. The predicted molar refractivity (Wildman–Crippen MR) is 163 cm³/mol. The zero-order chi connectivity index (χ0) is 31.5. The highest BCUT2D eigenvalue weighted by Gasteiger charge is 2.11. The van der Waals surface area contributed by atoms with Gasteiger partial charge in [-0.2, -0.15) is 10.5 Å². The van der Waals surface area contributed by atoms with Gasteiger partial charge in [0, 0.05) is 23.6 Å². The second-order valence-electron chi connectivity index (χ2n) is 9.04. The van der Waals surface area contributed by atoms with Crippen LogP contribution in [-0.4, -0.2) is 34.1 Å². The van der Waals surface area contributed by atoms with E-state index in [0.717, 1.165) is 11.1 Å². The average Bonchev–Trinajstić information content (AvgIpc) is 2.98. The first-order valence-electron chi connectivity index (χ1n) is 12.6. The fraction of sp³-hybridized carbons (Fsp3) is 0.161. The van der Waals surface area contributed by atoms with Crippen molar-refractivity contribution in [2.75, 3.05) is 7.11 Å². The van der Waals surface area contributed by atoms with Gasteiger partial charge < -0.3 is 19.8 Å². The zero-order valence-electron chi connectivity index (χ0n) is 23.4. The van der Waals surface area contributed by atoms with Gasteiger partial charge in [-0.05, 0) is 60.4 Å². The van der Waals surface area contributed by atoms with E-state index >= 15 is 0 Å². The van der Waals surface area contributed by atoms with Crippen LogP contribution in [0.25, 0.3) is 0 Å². The number of pyridine rings is 2. The molecule has 0 amide bonds. The van der Waals surface area contributed by atoms with Gasteiger partial charge in [-0.1, -0.05) is 24.3 Å². The molecule has 0 radical (unpaired) electrons. The largest absolute Gasteiger partial charge is 0.478 e. The van der Waals surface area contributed by atoms with Gasteiger partial charge in [-0.3, -0.25) is 9.59 Å². The maximum atomic E-state index is 11.5. The second-order valence-corrected chi connectivity index (χ2v) is 11.0. The molecule has 2 aromatic carbocycles. The van der Waals surface area contributed by atoms with E-state index in [-0.39, 0.29) is 16.7 Å². The lowest BCUT2D eigenvalue weighted by molar-refractivity contribution is 0.0599. The van der Waals surface area contributed by atoms with E-state index in [9.17, 15) is 24.4 Å². The summed E-state index contributed by atoms with van der Waals surface area (Å²) in [6.45, 7) is 3.44. The number of carboxylic acid groups (broad SMARTS) is 1. The van der Waals surface area contributed by atoms with Gasteiger partial charge >= 0.3 is 11.9 Å². The molecule has 4 rings (SSSR count). The summed E-state index contributed by atoms with van der Waals surface area (Å²) in [6, 6.07) is 20.6. The molecular formula is C31H26N4O6S2. The van der Waals surface area contributed by atoms with Crippen LogP contribution < -0.4 is 11.1 Å². The standard InChI is InChI=1S/C16H14N2O3S.C15H12N2O3S/c1-10-6-14(19)18-15(13(10)8-17)22-9-11-4-3-5-12(7-11)16(20)21-2;1-9-5-13(18)17-14(12(9)7-16)21-8-10-3-2-4-11(6-10)15(19)20/h3-7H,9H2,1-2H3,(H,18,19);2-6H,8H2,1H3,(H,17,18)(H,19,20). The van der Waals surface area contributed by atoms with Gasteiger partial charge in [0.05, 0.1) is 39.4 Å². The first kappa shape index (κ1) is 32.5. The molecule has 10 nitrogen and oxygen atoms in total. The number of hydrogen-bond donors (Lipinski definition) is 3. The molecule has 3 N–H and O–H groups in total. The predicted octanol–water partition coefficient (Wildman–Crippen LogP) is 5.18. The maximum absolute atomic E-state index is 11.5. The number of carbonyl (C=O) groups is 2. The van der Waals surface area contributed by atoms with E-state index in [1.54, 1.807) is 50.2 Å². The number of nitriles is 2. The summed E-state index contributed by atoms with van der Waals surface area (Å²) in [5, 5.41) is 28.3. The number of aryl methyl sites for hydroxylation is 2. The number of benzene rings is 2. The molecule has 0 aliphatic rings. The number of nitrogens with one attached hydrogen (secondary N) is 2. The number of rotatable bonds is 8. The van der Waals surface area contributed by atoms with Gasteiger partial charge in [-0.15, -0.1) is 23.5 Å². The Balaban J connectivity index is 0.000000236. The molecule has 0 aliphatic carbocycles. The quantitative estimate of drug-likeness (QED) is 0.177. The zero-order valence-corrected chi connectivity index (χ0v) is 25.0. The number of carbonyl (C=O) groups excluding carboxylic acids is 1. The Kier molecular flexibility index (Phi) is 11.5. The third-order valence-electron chi connectivity index (χ3n) is 5.92. The molecule has 43 heavy (non-hydrogen) atoms. The molecule has 0 saturated carbocycles. The highest BCUT2D eigenvalue weighted by Crippen LogP contribution is 2.26. The number of carboxylic acids is 1. The second kappa shape index (κ2) is 15.3. The molecule has 0 spiro atoms. The Morgan fingerprint density at radius 1 is 0.791 bits per heavy atom. The highest BCUT2D eigenvalue weighted by molar-refractivity contribution is 7.98. The van der Waals surface area contributed by atoms with E-state index in [1.807, 2.05) is 6.07 Å². The summed E-state index contributed by atoms with van der Waals surface area (Å²) in [6.07, 6.45) is 0.